The summed E-state index contributed by atoms with van der Waals surface area (Å²) < 4.78 is 5.41. The lowest BCUT2D eigenvalue weighted by atomic mass is 9.84. The summed E-state index contributed by atoms with van der Waals surface area (Å²) in [4.78, 5) is 2.51. The highest BCUT2D eigenvalue weighted by atomic mass is 16.5. The quantitative estimate of drug-likeness (QED) is 0.820. The first-order valence-electron chi connectivity index (χ1n) is 7.16. The minimum Gasteiger partial charge on any atom is -0.381 e. The molecule has 2 atom stereocenters. The molecule has 0 amide bonds. The van der Waals surface area contributed by atoms with Crippen LogP contribution < -0.4 is 5.73 Å². The molecule has 1 heterocycles. The SMILES string of the molecule is CC1CCCC(N(C)CC2(N)CCOCC2)C1. The normalized spacial score (nSPS) is 33.9. The second-order valence-corrected chi connectivity index (χ2v) is 6.32. The number of nitrogens with zero attached hydrogens (tertiary/aromatic N) is 1. The second kappa shape index (κ2) is 5.68. The fraction of sp³-hybridized carbons (Fsp3) is 1.00. The Bertz CT molecular complexity index is 238. The van der Waals surface area contributed by atoms with E-state index in [1.165, 1.54) is 25.7 Å². The van der Waals surface area contributed by atoms with Gasteiger partial charge in [-0.25, -0.2) is 0 Å². The summed E-state index contributed by atoms with van der Waals surface area (Å²) in [5, 5.41) is 0. The first-order valence-corrected chi connectivity index (χ1v) is 7.16. The van der Waals surface area contributed by atoms with Crippen LogP contribution in [0, 0.1) is 5.92 Å². The lowest BCUT2D eigenvalue weighted by Crippen LogP contribution is -2.55. The molecule has 2 rings (SSSR count). The van der Waals surface area contributed by atoms with E-state index in [2.05, 4.69) is 18.9 Å². The van der Waals surface area contributed by atoms with Gasteiger partial charge in [0.2, 0.25) is 0 Å². The van der Waals surface area contributed by atoms with Crippen molar-refractivity contribution in [2.45, 2.75) is 57.0 Å². The predicted octanol–water partition coefficient (Wildman–Crippen LogP) is 2.00. The Morgan fingerprint density at radius 2 is 2.00 bits per heavy atom. The van der Waals surface area contributed by atoms with Crippen molar-refractivity contribution in [3.8, 4) is 0 Å². The Hall–Kier alpha value is -0.120. The molecule has 1 saturated heterocycles. The van der Waals surface area contributed by atoms with Crippen LogP contribution in [0.4, 0.5) is 0 Å². The summed E-state index contributed by atoms with van der Waals surface area (Å²) >= 11 is 0. The first kappa shape index (κ1) is 13.3. The van der Waals surface area contributed by atoms with E-state index in [1.54, 1.807) is 0 Å². The van der Waals surface area contributed by atoms with Crippen LogP contribution in [0.2, 0.25) is 0 Å². The Labute approximate surface area is 106 Å². The lowest BCUT2D eigenvalue weighted by Gasteiger charge is -2.41. The number of ether oxygens (including phenoxy) is 1. The Balaban J connectivity index is 1.84. The summed E-state index contributed by atoms with van der Waals surface area (Å²) in [6, 6.07) is 0.752. The molecule has 100 valence electrons. The maximum absolute atomic E-state index is 6.48. The molecule has 0 radical (unpaired) electrons. The van der Waals surface area contributed by atoms with Crippen molar-refractivity contribution in [3.05, 3.63) is 0 Å². The van der Waals surface area contributed by atoms with Gasteiger partial charge in [0.05, 0.1) is 0 Å². The van der Waals surface area contributed by atoms with Crippen LogP contribution in [0.3, 0.4) is 0 Å². The van der Waals surface area contributed by atoms with Gasteiger partial charge in [-0.05, 0) is 38.6 Å². The fourth-order valence-corrected chi connectivity index (χ4v) is 3.36. The molecule has 2 aliphatic rings. The molecule has 1 aliphatic heterocycles. The molecule has 17 heavy (non-hydrogen) atoms. The molecule has 3 heteroatoms. The molecular weight excluding hydrogens is 212 g/mol. The molecule has 0 aromatic rings. The fourth-order valence-electron chi connectivity index (χ4n) is 3.36. The highest BCUT2D eigenvalue weighted by Crippen LogP contribution is 2.28. The minimum absolute atomic E-state index is 0.00626. The zero-order valence-corrected chi connectivity index (χ0v) is 11.5. The zero-order chi connectivity index (χ0) is 12.3. The van der Waals surface area contributed by atoms with Gasteiger partial charge in [-0.3, -0.25) is 0 Å². The van der Waals surface area contributed by atoms with Crippen molar-refractivity contribution in [2.75, 3.05) is 26.8 Å². The lowest BCUT2D eigenvalue weighted by molar-refractivity contribution is 0.0305. The topological polar surface area (TPSA) is 38.5 Å². The van der Waals surface area contributed by atoms with E-state index in [0.717, 1.165) is 44.6 Å². The highest BCUT2D eigenvalue weighted by molar-refractivity contribution is 4.91. The summed E-state index contributed by atoms with van der Waals surface area (Å²) in [5.41, 5.74) is 6.47. The van der Waals surface area contributed by atoms with Crippen LogP contribution >= 0.6 is 0 Å². The van der Waals surface area contributed by atoms with Gasteiger partial charge in [-0.15, -0.1) is 0 Å². The van der Waals surface area contributed by atoms with Crippen molar-refractivity contribution in [1.82, 2.24) is 4.90 Å². The van der Waals surface area contributed by atoms with Gasteiger partial charge in [0.1, 0.15) is 0 Å². The van der Waals surface area contributed by atoms with Crippen molar-refractivity contribution in [1.29, 1.82) is 0 Å². The van der Waals surface area contributed by atoms with E-state index in [0.29, 0.717) is 0 Å². The summed E-state index contributed by atoms with van der Waals surface area (Å²) in [5.74, 6) is 0.889. The molecule has 0 aromatic carbocycles. The third-order valence-corrected chi connectivity index (χ3v) is 4.58. The number of rotatable bonds is 3. The zero-order valence-electron chi connectivity index (χ0n) is 11.5. The number of nitrogens with two attached hydrogens (primary N) is 1. The van der Waals surface area contributed by atoms with Crippen molar-refractivity contribution in [2.24, 2.45) is 11.7 Å². The van der Waals surface area contributed by atoms with Gasteiger partial charge in [0.15, 0.2) is 0 Å². The standard InChI is InChI=1S/C14H28N2O/c1-12-4-3-5-13(10-12)16(2)11-14(15)6-8-17-9-7-14/h12-13H,3-11,15H2,1-2H3. The molecule has 2 fully saturated rings. The van der Waals surface area contributed by atoms with Crippen LogP contribution in [-0.2, 0) is 4.74 Å². The summed E-state index contributed by atoms with van der Waals surface area (Å²) in [7, 11) is 2.26. The monoisotopic (exact) mass is 240 g/mol. The smallest absolute Gasteiger partial charge is 0.0484 e. The first-order chi connectivity index (χ1) is 8.09. The van der Waals surface area contributed by atoms with E-state index in [9.17, 15) is 0 Å². The van der Waals surface area contributed by atoms with Crippen LogP contribution in [0.5, 0.6) is 0 Å². The molecular formula is C14H28N2O. The molecule has 0 bridgehead atoms. The number of hydrogen-bond donors (Lipinski definition) is 1. The molecule has 1 aliphatic carbocycles. The minimum atomic E-state index is -0.00626. The highest BCUT2D eigenvalue weighted by Gasteiger charge is 2.32. The van der Waals surface area contributed by atoms with Gasteiger partial charge < -0.3 is 15.4 Å². The van der Waals surface area contributed by atoms with Gasteiger partial charge >= 0.3 is 0 Å². The van der Waals surface area contributed by atoms with E-state index >= 15 is 0 Å². The van der Waals surface area contributed by atoms with Crippen LogP contribution in [0.25, 0.3) is 0 Å². The molecule has 2 N–H and O–H groups in total. The average molecular weight is 240 g/mol. The second-order valence-electron chi connectivity index (χ2n) is 6.32. The predicted molar refractivity (Wildman–Crippen MR) is 71.0 cm³/mol. The molecule has 0 aromatic heterocycles. The summed E-state index contributed by atoms with van der Waals surface area (Å²) in [6.45, 7) is 5.09. The number of likely N-dealkylation sites (N-methyl/N-ethyl adjacent to an activating group) is 1. The third kappa shape index (κ3) is 3.67. The van der Waals surface area contributed by atoms with Crippen molar-refractivity contribution in [3.63, 3.8) is 0 Å². The summed E-state index contributed by atoms with van der Waals surface area (Å²) in [6.07, 6.45) is 7.53. The molecule has 1 saturated carbocycles. The van der Waals surface area contributed by atoms with E-state index in [-0.39, 0.29) is 5.54 Å². The molecule has 2 unspecified atom stereocenters. The van der Waals surface area contributed by atoms with E-state index < -0.39 is 0 Å². The van der Waals surface area contributed by atoms with Gasteiger partial charge in [0, 0.05) is 31.3 Å². The molecule has 0 spiro atoms. The Morgan fingerprint density at radius 3 is 2.65 bits per heavy atom. The van der Waals surface area contributed by atoms with Crippen molar-refractivity contribution < 1.29 is 4.74 Å². The Kier molecular flexibility index (Phi) is 4.45. The maximum Gasteiger partial charge on any atom is 0.0484 e. The maximum atomic E-state index is 6.48. The molecule has 3 nitrogen and oxygen atoms in total. The van der Waals surface area contributed by atoms with Crippen molar-refractivity contribution >= 4 is 0 Å². The van der Waals surface area contributed by atoms with Gasteiger partial charge in [0.25, 0.3) is 0 Å². The Morgan fingerprint density at radius 1 is 1.29 bits per heavy atom. The van der Waals surface area contributed by atoms with Crippen LogP contribution in [0.1, 0.15) is 45.4 Å². The average Bonchev–Trinajstić information content (AvgIpc) is 2.29. The van der Waals surface area contributed by atoms with Gasteiger partial charge in [-0.2, -0.15) is 0 Å². The number of hydrogen-bond acceptors (Lipinski definition) is 3. The van der Waals surface area contributed by atoms with E-state index in [4.69, 9.17) is 10.5 Å². The van der Waals surface area contributed by atoms with Gasteiger partial charge in [-0.1, -0.05) is 19.8 Å². The largest absolute Gasteiger partial charge is 0.381 e. The van der Waals surface area contributed by atoms with Crippen LogP contribution in [-0.4, -0.2) is 43.3 Å². The van der Waals surface area contributed by atoms with Crippen LogP contribution in [0.15, 0.2) is 0 Å². The van der Waals surface area contributed by atoms with E-state index in [1.807, 2.05) is 0 Å². The third-order valence-electron chi connectivity index (χ3n) is 4.58.